The Labute approximate surface area is 205 Å². The van der Waals surface area contributed by atoms with Gasteiger partial charge in [0.15, 0.2) is 0 Å². The van der Waals surface area contributed by atoms with E-state index in [-0.39, 0.29) is 24.8 Å². The minimum absolute atomic E-state index is 0. The molecule has 0 aromatic carbocycles. The zero-order chi connectivity index (χ0) is 18.7. The summed E-state index contributed by atoms with van der Waals surface area (Å²) < 4.78 is 4.13. The van der Waals surface area contributed by atoms with Gasteiger partial charge >= 0.3 is 182 Å². The van der Waals surface area contributed by atoms with Gasteiger partial charge in [0.1, 0.15) is 0 Å². The summed E-state index contributed by atoms with van der Waals surface area (Å²) >= 11 is -0.793. The van der Waals surface area contributed by atoms with Crippen molar-refractivity contribution in [2.45, 2.75) is 101 Å². The van der Waals surface area contributed by atoms with Crippen molar-refractivity contribution in [3.8, 4) is 0 Å². The van der Waals surface area contributed by atoms with Gasteiger partial charge < -0.3 is 24.8 Å². The van der Waals surface area contributed by atoms with Crippen LogP contribution in [-0.2, 0) is 22.9 Å². The van der Waals surface area contributed by atoms with Crippen LogP contribution in [0.5, 0.6) is 0 Å². The maximum atomic E-state index is 2.65. The fourth-order valence-electron chi connectivity index (χ4n) is 5.97. The standard InChI is InChI=1S/2C12H19Si.2ClH.Hf/c2*1-2-3-9-13(10-6-11-13)12-7-4-5-8-12;;;/h2*4,7H,2-3,5-6,9-11H2,1H3;2*1H;/q;;;;+2/p-2. The second-order valence-corrected chi connectivity index (χ2v) is 24.0. The van der Waals surface area contributed by atoms with Gasteiger partial charge in [0, 0.05) is 0 Å². The maximum absolute atomic E-state index is 2.65. The van der Waals surface area contributed by atoms with E-state index in [9.17, 15) is 0 Å². The zero-order valence-corrected chi connectivity index (χ0v) is 25.6. The summed E-state index contributed by atoms with van der Waals surface area (Å²) in [4.78, 5) is 0. The molecule has 0 aromatic heterocycles. The van der Waals surface area contributed by atoms with Crippen LogP contribution in [0.2, 0.25) is 36.3 Å². The molecule has 2 aliphatic heterocycles. The van der Waals surface area contributed by atoms with E-state index in [1.165, 1.54) is 51.4 Å². The van der Waals surface area contributed by atoms with Gasteiger partial charge in [-0.15, -0.1) is 0 Å². The van der Waals surface area contributed by atoms with E-state index in [0.29, 0.717) is 0 Å². The van der Waals surface area contributed by atoms with Crippen molar-refractivity contribution >= 4 is 16.1 Å². The van der Waals surface area contributed by atoms with Gasteiger partial charge in [-0.1, -0.05) is 0 Å². The fourth-order valence-corrected chi connectivity index (χ4v) is 26.7. The number of hydrogen-bond donors (Lipinski definition) is 0. The van der Waals surface area contributed by atoms with Gasteiger partial charge in [0.25, 0.3) is 0 Å². The van der Waals surface area contributed by atoms with Gasteiger partial charge in [-0.3, -0.25) is 0 Å². The second kappa shape index (κ2) is 11.6. The van der Waals surface area contributed by atoms with Gasteiger partial charge in [0.2, 0.25) is 0 Å². The molecule has 0 saturated carbocycles. The first-order valence-electron chi connectivity index (χ1n) is 11.8. The molecule has 2 fully saturated rings. The van der Waals surface area contributed by atoms with E-state index >= 15 is 0 Å². The van der Waals surface area contributed by atoms with Crippen molar-refractivity contribution in [1.82, 2.24) is 0 Å². The first kappa shape index (κ1) is 26.1. The fraction of sp³-hybridized carbons (Fsp3) is 0.667. The average Bonchev–Trinajstić information content (AvgIpc) is 3.25. The van der Waals surface area contributed by atoms with E-state index in [2.05, 4.69) is 44.8 Å². The molecule has 0 radical (unpaired) electrons. The molecule has 4 rings (SSSR count). The van der Waals surface area contributed by atoms with Crippen LogP contribution in [0.15, 0.2) is 41.4 Å². The molecule has 0 unspecified atom stereocenters. The summed E-state index contributed by atoms with van der Waals surface area (Å²) in [5, 5.41) is 4.03. The van der Waals surface area contributed by atoms with Crippen LogP contribution in [0.1, 0.15) is 65.2 Å². The molecular weight excluding hydrogens is 594 g/mol. The van der Waals surface area contributed by atoms with Gasteiger partial charge in [-0.2, -0.15) is 0 Å². The van der Waals surface area contributed by atoms with Crippen LogP contribution < -0.4 is 24.8 Å². The quantitative estimate of drug-likeness (QED) is 0.323. The molecule has 0 aromatic rings. The molecule has 5 heteroatoms. The number of hydrogen-bond acceptors (Lipinski definition) is 0. The third kappa shape index (κ3) is 5.26. The van der Waals surface area contributed by atoms with E-state index in [1.807, 2.05) is 10.4 Å². The average molecular weight is 632 g/mol. The zero-order valence-electron chi connectivity index (χ0n) is 18.5. The number of rotatable bonds is 10. The van der Waals surface area contributed by atoms with E-state index < -0.39 is 39.1 Å². The van der Waals surface area contributed by atoms with Crippen molar-refractivity contribution in [3.63, 3.8) is 0 Å². The first-order chi connectivity index (χ1) is 13.2. The molecule has 0 spiro atoms. The van der Waals surface area contributed by atoms with Crippen molar-refractivity contribution < 1.29 is 47.7 Å². The Hall–Kier alpha value is 0.844. The summed E-state index contributed by atoms with van der Waals surface area (Å²) in [7, 11) is -2.08. The molecule has 0 N–H and O–H groups in total. The Balaban J connectivity index is 0.00000150. The summed E-state index contributed by atoms with van der Waals surface area (Å²) in [5.41, 5.74) is 0. The summed E-state index contributed by atoms with van der Waals surface area (Å²) in [6.45, 7) is 4.78. The molecule has 160 valence electrons. The molecule has 0 bridgehead atoms. The molecule has 0 amide bonds. The SMILES string of the molecule is CCCC[Si]1(C2=[C]([Hf+2][C]3=C([Si]4(CCCC)CCC4)C=CC3)CC=C2)CCC1.[Cl-].[Cl-]. The van der Waals surface area contributed by atoms with Crippen LogP contribution in [-0.4, -0.2) is 16.1 Å². The molecule has 2 heterocycles. The van der Waals surface area contributed by atoms with Crippen LogP contribution >= 0.6 is 0 Å². The molecule has 29 heavy (non-hydrogen) atoms. The molecule has 2 aliphatic carbocycles. The predicted molar refractivity (Wildman–Crippen MR) is 121 cm³/mol. The van der Waals surface area contributed by atoms with Crippen molar-refractivity contribution in [1.29, 1.82) is 0 Å². The summed E-state index contributed by atoms with van der Waals surface area (Å²) in [6, 6.07) is 9.71. The predicted octanol–water partition coefficient (Wildman–Crippen LogP) is 1.89. The minimum Gasteiger partial charge on any atom is -1.00 e. The van der Waals surface area contributed by atoms with E-state index in [1.54, 1.807) is 36.3 Å². The van der Waals surface area contributed by atoms with Gasteiger partial charge in [-0.25, -0.2) is 0 Å². The Morgan fingerprint density at radius 1 is 0.724 bits per heavy atom. The normalized spacial score (nSPS) is 23.2. The Bertz CT molecular complexity index is 627. The van der Waals surface area contributed by atoms with E-state index in [0.717, 1.165) is 0 Å². The molecule has 4 aliphatic rings. The van der Waals surface area contributed by atoms with Gasteiger partial charge in [0.05, 0.1) is 0 Å². The largest absolute Gasteiger partial charge is 1.00 e. The van der Waals surface area contributed by atoms with Gasteiger partial charge in [-0.05, 0) is 0 Å². The molecule has 2 saturated heterocycles. The van der Waals surface area contributed by atoms with Crippen LogP contribution in [0.3, 0.4) is 0 Å². The Morgan fingerprint density at radius 3 is 1.45 bits per heavy atom. The summed E-state index contributed by atoms with van der Waals surface area (Å²) in [5.74, 6) is 0. The van der Waals surface area contributed by atoms with E-state index in [4.69, 9.17) is 0 Å². The molecule has 0 nitrogen and oxygen atoms in total. The third-order valence-electron chi connectivity index (χ3n) is 7.95. The topological polar surface area (TPSA) is 0 Å². The van der Waals surface area contributed by atoms with Crippen molar-refractivity contribution in [3.05, 3.63) is 41.4 Å². The smallest absolute Gasteiger partial charge is 1.00 e. The second-order valence-electron chi connectivity index (χ2n) is 9.60. The molecule has 0 atom stereocenters. The van der Waals surface area contributed by atoms with Crippen LogP contribution in [0.25, 0.3) is 0 Å². The summed E-state index contributed by atoms with van der Waals surface area (Å²) in [6.07, 6.45) is 22.0. The number of allylic oxidation sites excluding steroid dienone is 8. The number of unbranched alkanes of at least 4 members (excludes halogenated alkanes) is 2. The third-order valence-corrected chi connectivity index (χ3v) is 26.4. The maximum Gasteiger partial charge on any atom is -1.00 e. The monoisotopic (exact) mass is 632 g/mol. The number of halogens is 2. The van der Waals surface area contributed by atoms with Crippen molar-refractivity contribution in [2.24, 2.45) is 0 Å². The van der Waals surface area contributed by atoms with Crippen LogP contribution in [0, 0.1) is 0 Å². The molecular formula is C24H38Cl2HfSi2. The minimum atomic E-state index is -1.04. The first-order valence-corrected chi connectivity index (χ1v) is 20.6. The van der Waals surface area contributed by atoms with Crippen molar-refractivity contribution in [2.75, 3.05) is 0 Å². The Kier molecular flexibility index (Phi) is 10.5. The van der Waals surface area contributed by atoms with Crippen LogP contribution in [0.4, 0.5) is 0 Å². The Morgan fingerprint density at radius 2 is 1.14 bits per heavy atom.